The van der Waals surface area contributed by atoms with Crippen molar-refractivity contribution >= 4 is 28.9 Å². The lowest BCUT2D eigenvalue weighted by atomic mass is 9.78. The molecule has 6 heteroatoms. The number of carboxylic acid groups (broad SMARTS) is 1. The summed E-state index contributed by atoms with van der Waals surface area (Å²) in [6.45, 7) is 0.671. The van der Waals surface area contributed by atoms with Crippen molar-refractivity contribution in [2.24, 2.45) is 0 Å². The summed E-state index contributed by atoms with van der Waals surface area (Å²) < 4.78 is 0.680. The highest BCUT2D eigenvalue weighted by atomic mass is 35.5. The first-order chi connectivity index (χ1) is 9.02. The van der Waals surface area contributed by atoms with E-state index in [1.165, 1.54) is 17.8 Å². The summed E-state index contributed by atoms with van der Waals surface area (Å²) in [6, 6.07) is 0. The maximum Gasteiger partial charge on any atom is 0.305 e. The molecule has 4 nitrogen and oxygen atoms in total. The molecule has 1 saturated carbocycles. The van der Waals surface area contributed by atoms with Crippen LogP contribution in [0.4, 0.5) is 0 Å². The predicted molar refractivity (Wildman–Crippen MR) is 76.7 cm³/mol. The van der Waals surface area contributed by atoms with Gasteiger partial charge in [0.25, 0.3) is 0 Å². The van der Waals surface area contributed by atoms with Gasteiger partial charge in [0.05, 0.1) is 19.2 Å². The molecule has 1 fully saturated rings. The van der Waals surface area contributed by atoms with Crippen LogP contribution in [0.2, 0.25) is 4.34 Å². The van der Waals surface area contributed by atoms with Crippen molar-refractivity contribution in [2.75, 3.05) is 7.05 Å². The third kappa shape index (κ3) is 3.68. The number of halogens is 1. The van der Waals surface area contributed by atoms with Crippen LogP contribution in [-0.2, 0) is 11.3 Å². The molecule has 0 atom stereocenters. The monoisotopic (exact) mass is 302 g/mol. The van der Waals surface area contributed by atoms with E-state index in [1.807, 2.05) is 7.05 Å². The van der Waals surface area contributed by atoms with Crippen LogP contribution < -0.4 is 0 Å². The molecule has 0 unspecified atom stereocenters. The molecule has 0 radical (unpaired) electrons. The van der Waals surface area contributed by atoms with Gasteiger partial charge in [-0.3, -0.25) is 9.69 Å². The van der Waals surface area contributed by atoms with E-state index in [-0.39, 0.29) is 12.0 Å². The summed E-state index contributed by atoms with van der Waals surface area (Å²) >= 11 is 7.35. The first-order valence-electron chi connectivity index (χ1n) is 6.55. The summed E-state index contributed by atoms with van der Waals surface area (Å²) in [4.78, 5) is 17.6. The van der Waals surface area contributed by atoms with Crippen molar-refractivity contribution in [1.29, 1.82) is 0 Å². The quantitative estimate of drug-likeness (QED) is 0.905. The van der Waals surface area contributed by atoms with Crippen LogP contribution >= 0.6 is 22.9 Å². The molecule has 1 N–H and O–H groups in total. The number of rotatable bonds is 5. The Hall–Kier alpha value is -0.650. The Kier molecular flexibility index (Phi) is 4.81. The lowest BCUT2D eigenvalue weighted by Gasteiger charge is -2.43. The van der Waals surface area contributed by atoms with Gasteiger partial charge in [-0.1, -0.05) is 30.9 Å². The lowest BCUT2D eigenvalue weighted by molar-refractivity contribution is -0.141. The zero-order valence-electron chi connectivity index (χ0n) is 11.1. The van der Waals surface area contributed by atoms with Gasteiger partial charge >= 0.3 is 5.97 Å². The molecule has 0 aromatic carbocycles. The summed E-state index contributed by atoms with van der Waals surface area (Å²) in [7, 11) is 2.00. The van der Waals surface area contributed by atoms with Gasteiger partial charge in [0.1, 0.15) is 9.34 Å². The normalized spacial score (nSPS) is 18.7. The number of aromatic nitrogens is 1. The van der Waals surface area contributed by atoms with Gasteiger partial charge in [0.2, 0.25) is 0 Å². The maximum atomic E-state index is 11.2. The second-order valence-corrected chi connectivity index (χ2v) is 7.02. The van der Waals surface area contributed by atoms with Crippen molar-refractivity contribution in [3.8, 4) is 0 Å². The van der Waals surface area contributed by atoms with Crippen LogP contribution in [-0.4, -0.2) is 33.5 Å². The number of aliphatic carboxylic acids is 1. The summed E-state index contributed by atoms with van der Waals surface area (Å²) in [6.07, 6.45) is 7.19. The zero-order chi connectivity index (χ0) is 13.9. The Bertz CT molecular complexity index is 444. The van der Waals surface area contributed by atoms with E-state index in [9.17, 15) is 9.90 Å². The van der Waals surface area contributed by atoms with Crippen LogP contribution in [0, 0.1) is 0 Å². The van der Waals surface area contributed by atoms with Crippen LogP contribution in [0.5, 0.6) is 0 Å². The minimum absolute atomic E-state index is 0.211. The minimum atomic E-state index is -0.717. The van der Waals surface area contributed by atoms with E-state index < -0.39 is 5.97 Å². The third-order valence-electron chi connectivity index (χ3n) is 3.97. The molecule has 0 amide bonds. The standard InChI is InChI=1S/C13H19ClN2O2S/c1-16(9-11-15-8-10(14)19-11)13(7-12(17)18)5-3-2-4-6-13/h8H,2-7,9H2,1H3,(H,17,18). The van der Waals surface area contributed by atoms with Gasteiger partial charge in [0.15, 0.2) is 0 Å². The average molecular weight is 303 g/mol. The van der Waals surface area contributed by atoms with E-state index in [0.717, 1.165) is 30.7 Å². The van der Waals surface area contributed by atoms with Crippen molar-refractivity contribution < 1.29 is 9.90 Å². The summed E-state index contributed by atoms with van der Waals surface area (Å²) in [5.74, 6) is -0.717. The third-order valence-corrected chi connectivity index (χ3v) is 5.07. The number of hydrogen-bond acceptors (Lipinski definition) is 4. The molecular formula is C13H19ClN2O2S. The Morgan fingerprint density at radius 2 is 2.21 bits per heavy atom. The first-order valence-corrected chi connectivity index (χ1v) is 7.74. The lowest BCUT2D eigenvalue weighted by Crippen LogP contribution is -2.49. The minimum Gasteiger partial charge on any atom is -0.481 e. The number of nitrogens with zero attached hydrogens (tertiary/aromatic N) is 2. The molecule has 106 valence electrons. The van der Waals surface area contributed by atoms with E-state index in [4.69, 9.17) is 11.6 Å². The molecule has 0 saturated heterocycles. The van der Waals surface area contributed by atoms with E-state index >= 15 is 0 Å². The summed E-state index contributed by atoms with van der Waals surface area (Å²) in [5, 5.41) is 10.1. The Morgan fingerprint density at radius 1 is 1.53 bits per heavy atom. The molecule has 2 rings (SSSR count). The highest BCUT2D eigenvalue weighted by molar-refractivity contribution is 7.15. The van der Waals surface area contributed by atoms with E-state index in [1.54, 1.807) is 6.20 Å². The molecule has 1 aliphatic rings. The second kappa shape index (κ2) is 6.20. The van der Waals surface area contributed by atoms with E-state index in [2.05, 4.69) is 9.88 Å². The fraction of sp³-hybridized carbons (Fsp3) is 0.692. The fourth-order valence-corrected chi connectivity index (χ4v) is 3.93. The van der Waals surface area contributed by atoms with Crippen molar-refractivity contribution in [2.45, 2.75) is 50.6 Å². The summed E-state index contributed by atoms with van der Waals surface area (Å²) in [5.41, 5.74) is -0.220. The molecule has 0 spiro atoms. The van der Waals surface area contributed by atoms with Gasteiger partial charge in [0, 0.05) is 5.54 Å². The second-order valence-electron chi connectivity index (χ2n) is 5.27. The number of thiazole rings is 1. The smallest absolute Gasteiger partial charge is 0.305 e. The van der Waals surface area contributed by atoms with Crippen LogP contribution in [0.15, 0.2) is 6.20 Å². The Labute approximate surface area is 122 Å². The SMILES string of the molecule is CN(Cc1ncc(Cl)s1)C1(CC(=O)O)CCCCC1. The largest absolute Gasteiger partial charge is 0.481 e. The molecule has 1 aromatic rings. The molecule has 0 bridgehead atoms. The van der Waals surface area contributed by atoms with Crippen LogP contribution in [0.1, 0.15) is 43.5 Å². The highest BCUT2D eigenvalue weighted by Gasteiger charge is 2.38. The van der Waals surface area contributed by atoms with E-state index in [0.29, 0.717) is 10.9 Å². The van der Waals surface area contributed by atoms with Gasteiger partial charge in [-0.2, -0.15) is 0 Å². The van der Waals surface area contributed by atoms with Gasteiger partial charge in [-0.25, -0.2) is 4.98 Å². The zero-order valence-corrected chi connectivity index (χ0v) is 12.6. The number of carboxylic acids is 1. The highest BCUT2D eigenvalue weighted by Crippen LogP contribution is 2.37. The molecule has 1 aliphatic carbocycles. The van der Waals surface area contributed by atoms with Gasteiger partial charge in [-0.15, -0.1) is 11.3 Å². The molecular weight excluding hydrogens is 284 g/mol. The fourth-order valence-electron chi connectivity index (χ4n) is 2.92. The van der Waals surface area contributed by atoms with Crippen molar-refractivity contribution in [3.63, 3.8) is 0 Å². The molecule has 1 aromatic heterocycles. The molecule has 1 heterocycles. The maximum absolute atomic E-state index is 11.2. The first kappa shape index (κ1) is 14.8. The van der Waals surface area contributed by atoms with Gasteiger partial charge in [-0.05, 0) is 19.9 Å². The Balaban J connectivity index is 2.10. The predicted octanol–water partition coefficient (Wildman–Crippen LogP) is 3.41. The van der Waals surface area contributed by atoms with Gasteiger partial charge < -0.3 is 5.11 Å². The van der Waals surface area contributed by atoms with Crippen molar-refractivity contribution in [1.82, 2.24) is 9.88 Å². The van der Waals surface area contributed by atoms with Crippen LogP contribution in [0.25, 0.3) is 0 Å². The van der Waals surface area contributed by atoms with Crippen LogP contribution in [0.3, 0.4) is 0 Å². The molecule has 19 heavy (non-hydrogen) atoms. The topological polar surface area (TPSA) is 53.4 Å². The number of carbonyl (C=O) groups is 1. The molecule has 0 aliphatic heterocycles. The Morgan fingerprint density at radius 3 is 2.74 bits per heavy atom. The average Bonchev–Trinajstić information content (AvgIpc) is 2.75. The number of hydrogen-bond donors (Lipinski definition) is 1. The van der Waals surface area contributed by atoms with Crippen molar-refractivity contribution in [3.05, 3.63) is 15.5 Å².